The Morgan fingerprint density at radius 1 is 1.13 bits per heavy atom. The first-order valence-corrected chi connectivity index (χ1v) is 5.14. The standard InChI is InChI=1S/C13H12N2/c1-2-6-12(7-3-1)13-8-4-5-10-15(13)11-9-14-13/h1-10H,11H2. The van der Waals surface area contributed by atoms with Crippen molar-refractivity contribution < 1.29 is 0 Å². The zero-order chi connectivity index (χ0) is 10.1. The highest BCUT2D eigenvalue weighted by molar-refractivity contribution is 5.65. The topological polar surface area (TPSA) is 15.6 Å². The van der Waals surface area contributed by atoms with Crippen LogP contribution in [0.15, 0.2) is 59.8 Å². The molecule has 2 nitrogen and oxygen atoms in total. The summed E-state index contributed by atoms with van der Waals surface area (Å²) in [5, 5.41) is 0. The molecule has 2 heterocycles. The molecular weight excluding hydrogens is 184 g/mol. The number of hydrogen-bond donors (Lipinski definition) is 0. The van der Waals surface area contributed by atoms with Gasteiger partial charge in [-0.05, 0) is 12.2 Å². The van der Waals surface area contributed by atoms with Crippen LogP contribution < -0.4 is 0 Å². The summed E-state index contributed by atoms with van der Waals surface area (Å²) >= 11 is 0. The van der Waals surface area contributed by atoms with Gasteiger partial charge in [0.25, 0.3) is 0 Å². The average Bonchev–Trinajstić information content (AvgIpc) is 2.75. The fourth-order valence-electron chi connectivity index (χ4n) is 2.16. The summed E-state index contributed by atoms with van der Waals surface area (Å²) in [4.78, 5) is 6.86. The quantitative estimate of drug-likeness (QED) is 0.673. The van der Waals surface area contributed by atoms with E-state index in [2.05, 4.69) is 58.6 Å². The van der Waals surface area contributed by atoms with Gasteiger partial charge in [-0.2, -0.15) is 0 Å². The third kappa shape index (κ3) is 1.14. The summed E-state index contributed by atoms with van der Waals surface area (Å²) in [5.74, 6) is 0. The summed E-state index contributed by atoms with van der Waals surface area (Å²) in [6.45, 7) is 0.885. The van der Waals surface area contributed by atoms with Gasteiger partial charge < -0.3 is 4.90 Å². The van der Waals surface area contributed by atoms with E-state index in [0.717, 1.165) is 6.54 Å². The molecule has 1 aromatic rings. The Morgan fingerprint density at radius 3 is 2.87 bits per heavy atom. The SMILES string of the molecule is C1=CN2CC=NC2(c2ccccc2)C=C1. The highest BCUT2D eigenvalue weighted by Gasteiger charge is 2.37. The lowest BCUT2D eigenvalue weighted by molar-refractivity contribution is 0.255. The molecule has 0 aromatic heterocycles. The van der Waals surface area contributed by atoms with Gasteiger partial charge >= 0.3 is 0 Å². The smallest absolute Gasteiger partial charge is 0.177 e. The van der Waals surface area contributed by atoms with Crippen LogP contribution in [0.25, 0.3) is 0 Å². The van der Waals surface area contributed by atoms with Gasteiger partial charge in [-0.1, -0.05) is 36.4 Å². The van der Waals surface area contributed by atoms with Gasteiger partial charge in [0.2, 0.25) is 0 Å². The summed E-state index contributed by atoms with van der Waals surface area (Å²) < 4.78 is 0. The summed E-state index contributed by atoms with van der Waals surface area (Å²) in [6, 6.07) is 10.4. The van der Waals surface area contributed by atoms with Gasteiger partial charge in [0.1, 0.15) is 0 Å². The van der Waals surface area contributed by atoms with Crippen LogP contribution >= 0.6 is 0 Å². The Labute approximate surface area is 89.3 Å². The molecule has 0 fully saturated rings. The normalized spacial score (nSPS) is 27.1. The second-order valence-corrected chi connectivity index (χ2v) is 3.76. The molecule has 0 bridgehead atoms. The molecule has 0 amide bonds. The molecule has 1 unspecified atom stereocenters. The Balaban J connectivity index is 2.13. The van der Waals surface area contributed by atoms with Crippen molar-refractivity contribution >= 4 is 6.21 Å². The molecule has 0 aliphatic carbocycles. The van der Waals surface area contributed by atoms with Gasteiger partial charge in [-0.15, -0.1) is 0 Å². The van der Waals surface area contributed by atoms with Crippen LogP contribution in [0.4, 0.5) is 0 Å². The Morgan fingerprint density at radius 2 is 2.00 bits per heavy atom. The molecule has 15 heavy (non-hydrogen) atoms. The Hall–Kier alpha value is -1.83. The lowest BCUT2D eigenvalue weighted by Crippen LogP contribution is -2.37. The lowest BCUT2D eigenvalue weighted by atomic mass is 9.97. The van der Waals surface area contributed by atoms with Crippen LogP contribution in [-0.4, -0.2) is 17.7 Å². The molecule has 3 rings (SSSR count). The monoisotopic (exact) mass is 196 g/mol. The van der Waals surface area contributed by atoms with E-state index in [9.17, 15) is 0 Å². The Kier molecular flexibility index (Phi) is 1.75. The fourth-order valence-corrected chi connectivity index (χ4v) is 2.16. The fraction of sp³-hybridized carbons (Fsp3) is 0.154. The predicted octanol–water partition coefficient (Wildman–Crippen LogP) is 2.31. The van der Waals surface area contributed by atoms with E-state index in [0.29, 0.717) is 0 Å². The van der Waals surface area contributed by atoms with Crippen LogP contribution in [0, 0.1) is 0 Å². The van der Waals surface area contributed by atoms with Crippen molar-refractivity contribution in [2.24, 2.45) is 4.99 Å². The van der Waals surface area contributed by atoms with E-state index in [1.54, 1.807) is 0 Å². The zero-order valence-corrected chi connectivity index (χ0v) is 8.38. The minimum Gasteiger partial charge on any atom is -0.341 e. The Bertz CT molecular complexity index is 445. The molecule has 0 saturated carbocycles. The van der Waals surface area contributed by atoms with Crippen molar-refractivity contribution in [2.45, 2.75) is 5.66 Å². The van der Waals surface area contributed by atoms with Gasteiger partial charge in [0, 0.05) is 18.0 Å². The number of benzene rings is 1. The predicted molar refractivity (Wildman–Crippen MR) is 61.6 cm³/mol. The lowest BCUT2D eigenvalue weighted by Gasteiger charge is -2.35. The molecule has 0 saturated heterocycles. The van der Waals surface area contributed by atoms with E-state index < -0.39 is 0 Å². The van der Waals surface area contributed by atoms with E-state index in [-0.39, 0.29) is 5.66 Å². The van der Waals surface area contributed by atoms with Crippen molar-refractivity contribution in [3.05, 3.63) is 60.3 Å². The second kappa shape index (κ2) is 3.09. The minimum atomic E-state index is -0.282. The maximum Gasteiger partial charge on any atom is 0.177 e. The molecule has 0 radical (unpaired) electrons. The molecule has 2 aliphatic rings. The van der Waals surface area contributed by atoms with Crippen LogP contribution in [-0.2, 0) is 5.66 Å². The highest BCUT2D eigenvalue weighted by atomic mass is 15.3. The van der Waals surface area contributed by atoms with Gasteiger partial charge in [-0.3, -0.25) is 4.99 Å². The van der Waals surface area contributed by atoms with E-state index >= 15 is 0 Å². The summed E-state index contributed by atoms with van der Waals surface area (Å²) in [7, 11) is 0. The molecule has 74 valence electrons. The molecule has 1 aromatic carbocycles. The largest absolute Gasteiger partial charge is 0.341 e. The van der Waals surface area contributed by atoms with Gasteiger partial charge in [0.15, 0.2) is 5.66 Å². The number of allylic oxidation sites excluding steroid dienone is 2. The van der Waals surface area contributed by atoms with Crippen molar-refractivity contribution in [3.63, 3.8) is 0 Å². The van der Waals surface area contributed by atoms with E-state index in [4.69, 9.17) is 0 Å². The molecular formula is C13H12N2. The molecule has 2 aliphatic heterocycles. The van der Waals surface area contributed by atoms with E-state index in [1.807, 2.05) is 12.3 Å². The number of hydrogen-bond acceptors (Lipinski definition) is 2. The van der Waals surface area contributed by atoms with Crippen LogP contribution in [0.1, 0.15) is 5.56 Å². The first kappa shape index (κ1) is 8.48. The highest BCUT2D eigenvalue weighted by Crippen LogP contribution is 2.36. The molecule has 2 heteroatoms. The average molecular weight is 196 g/mol. The van der Waals surface area contributed by atoms with Crippen molar-refractivity contribution in [3.8, 4) is 0 Å². The van der Waals surface area contributed by atoms with Gasteiger partial charge in [-0.25, -0.2) is 0 Å². The zero-order valence-electron chi connectivity index (χ0n) is 8.38. The third-order valence-electron chi connectivity index (χ3n) is 2.91. The third-order valence-corrected chi connectivity index (χ3v) is 2.91. The summed E-state index contributed by atoms with van der Waals surface area (Å²) in [6.07, 6.45) is 10.3. The molecule has 0 N–H and O–H groups in total. The van der Waals surface area contributed by atoms with E-state index in [1.165, 1.54) is 5.56 Å². The van der Waals surface area contributed by atoms with Crippen molar-refractivity contribution in [1.29, 1.82) is 0 Å². The van der Waals surface area contributed by atoms with Crippen molar-refractivity contribution in [1.82, 2.24) is 4.90 Å². The number of nitrogens with zero attached hydrogens (tertiary/aromatic N) is 2. The second-order valence-electron chi connectivity index (χ2n) is 3.76. The summed E-state index contributed by atoms with van der Waals surface area (Å²) in [5.41, 5.74) is 0.940. The van der Waals surface area contributed by atoms with Crippen LogP contribution in [0.5, 0.6) is 0 Å². The maximum absolute atomic E-state index is 4.62. The van der Waals surface area contributed by atoms with Crippen molar-refractivity contribution in [2.75, 3.05) is 6.54 Å². The number of aliphatic imine (C=N–C) groups is 1. The van der Waals surface area contributed by atoms with Crippen LogP contribution in [0.2, 0.25) is 0 Å². The minimum absolute atomic E-state index is 0.282. The molecule has 1 atom stereocenters. The number of rotatable bonds is 1. The first-order valence-electron chi connectivity index (χ1n) is 5.14. The molecule has 0 spiro atoms. The van der Waals surface area contributed by atoms with Gasteiger partial charge in [0.05, 0.1) is 6.54 Å². The first-order chi connectivity index (χ1) is 7.42. The number of fused-ring (bicyclic) bond motifs is 1. The maximum atomic E-state index is 4.62. The van der Waals surface area contributed by atoms with Crippen LogP contribution in [0.3, 0.4) is 0 Å².